The summed E-state index contributed by atoms with van der Waals surface area (Å²) in [5.74, 6) is -2.12. The maximum atomic E-state index is 14.0. The van der Waals surface area contributed by atoms with E-state index < -0.39 is 34.9 Å². The third kappa shape index (κ3) is 2.61. The van der Waals surface area contributed by atoms with Crippen LogP contribution in [0.25, 0.3) is 11.3 Å². The molecule has 0 unspecified atom stereocenters. The molecule has 1 aromatic heterocycles. The van der Waals surface area contributed by atoms with E-state index in [1.807, 2.05) is 0 Å². The van der Waals surface area contributed by atoms with Crippen molar-refractivity contribution >= 4 is 11.3 Å². The molecular weight excluding hydrogens is 293 g/mol. The zero-order chi connectivity index (χ0) is 15.9. The number of alkyl halides is 3. The SMILES string of the molecule is C=C(C)c1cc(F)cc(F)c1-n1ncc(N)c1C(F)(F)F. The van der Waals surface area contributed by atoms with Gasteiger partial charge in [0.25, 0.3) is 0 Å². The van der Waals surface area contributed by atoms with Crippen LogP contribution in [0.3, 0.4) is 0 Å². The van der Waals surface area contributed by atoms with Gasteiger partial charge in [-0.1, -0.05) is 6.58 Å². The van der Waals surface area contributed by atoms with Crippen LogP contribution in [0.2, 0.25) is 0 Å². The van der Waals surface area contributed by atoms with Crippen molar-refractivity contribution in [2.45, 2.75) is 13.1 Å². The van der Waals surface area contributed by atoms with E-state index >= 15 is 0 Å². The number of nitrogens with two attached hydrogens (primary N) is 1. The van der Waals surface area contributed by atoms with E-state index in [9.17, 15) is 22.0 Å². The fourth-order valence-electron chi connectivity index (χ4n) is 1.92. The number of nitrogen functional groups attached to an aromatic ring is 1. The zero-order valence-electron chi connectivity index (χ0n) is 10.8. The molecule has 1 heterocycles. The molecule has 3 nitrogen and oxygen atoms in total. The zero-order valence-corrected chi connectivity index (χ0v) is 10.8. The average molecular weight is 303 g/mol. The summed E-state index contributed by atoms with van der Waals surface area (Å²) < 4.78 is 66.6. The van der Waals surface area contributed by atoms with Gasteiger partial charge in [-0.05, 0) is 18.6 Å². The first-order chi connectivity index (χ1) is 9.62. The molecule has 0 aliphatic rings. The van der Waals surface area contributed by atoms with E-state index in [4.69, 9.17) is 5.73 Å². The fraction of sp³-hybridized carbons (Fsp3) is 0.154. The Morgan fingerprint density at radius 1 is 1.29 bits per heavy atom. The van der Waals surface area contributed by atoms with Gasteiger partial charge in [-0.3, -0.25) is 0 Å². The number of halogens is 5. The molecule has 0 saturated heterocycles. The summed E-state index contributed by atoms with van der Waals surface area (Å²) in [7, 11) is 0. The standard InChI is InChI=1S/C13H10F5N3/c1-6(2)8-3-7(14)4-9(15)11(8)21-12(13(16,17)18)10(19)5-20-21/h3-5H,1,19H2,2H3. The van der Waals surface area contributed by atoms with E-state index in [1.165, 1.54) is 6.92 Å². The highest BCUT2D eigenvalue weighted by Gasteiger charge is 2.39. The molecule has 2 aromatic rings. The lowest BCUT2D eigenvalue weighted by Gasteiger charge is -2.15. The molecule has 0 aliphatic heterocycles. The van der Waals surface area contributed by atoms with Crippen molar-refractivity contribution in [1.29, 1.82) is 0 Å². The van der Waals surface area contributed by atoms with Gasteiger partial charge in [-0.2, -0.15) is 18.3 Å². The highest BCUT2D eigenvalue weighted by Crippen LogP contribution is 2.37. The first-order valence-electron chi connectivity index (χ1n) is 5.69. The van der Waals surface area contributed by atoms with Gasteiger partial charge in [0.2, 0.25) is 0 Å². The third-order valence-electron chi connectivity index (χ3n) is 2.77. The first-order valence-corrected chi connectivity index (χ1v) is 5.69. The Morgan fingerprint density at radius 3 is 2.43 bits per heavy atom. The van der Waals surface area contributed by atoms with Gasteiger partial charge >= 0.3 is 6.18 Å². The van der Waals surface area contributed by atoms with Crippen molar-refractivity contribution in [3.8, 4) is 5.69 Å². The van der Waals surface area contributed by atoms with E-state index in [0.29, 0.717) is 10.7 Å². The molecule has 8 heteroatoms. The first kappa shape index (κ1) is 15.0. The highest BCUT2D eigenvalue weighted by molar-refractivity contribution is 5.70. The van der Waals surface area contributed by atoms with Crippen molar-refractivity contribution in [3.05, 3.63) is 47.8 Å². The predicted octanol–water partition coefficient (Wildman–Crippen LogP) is 3.78. The minimum absolute atomic E-state index is 0.124. The minimum Gasteiger partial charge on any atom is -0.396 e. The molecule has 0 atom stereocenters. The largest absolute Gasteiger partial charge is 0.435 e. The summed E-state index contributed by atoms with van der Waals surface area (Å²) in [6, 6.07) is 1.36. The van der Waals surface area contributed by atoms with Crippen LogP contribution >= 0.6 is 0 Å². The van der Waals surface area contributed by atoms with Gasteiger partial charge in [0, 0.05) is 11.6 Å². The molecule has 0 fully saturated rings. The Labute approximate surface area is 116 Å². The van der Waals surface area contributed by atoms with Gasteiger partial charge in [0.1, 0.15) is 11.5 Å². The second-order valence-corrected chi connectivity index (χ2v) is 4.42. The molecule has 1 aromatic carbocycles. The summed E-state index contributed by atoms with van der Waals surface area (Å²) in [5.41, 5.74) is 2.78. The number of rotatable bonds is 2. The maximum absolute atomic E-state index is 14.0. The number of allylic oxidation sites excluding steroid dienone is 1. The monoisotopic (exact) mass is 303 g/mol. The normalized spacial score (nSPS) is 11.7. The van der Waals surface area contributed by atoms with Crippen LogP contribution in [-0.4, -0.2) is 9.78 Å². The Morgan fingerprint density at radius 2 is 1.90 bits per heavy atom. The van der Waals surface area contributed by atoms with Crippen LogP contribution in [0, 0.1) is 11.6 Å². The maximum Gasteiger partial charge on any atom is 0.435 e. The molecule has 2 rings (SSSR count). The van der Waals surface area contributed by atoms with E-state index in [0.717, 1.165) is 12.3 Å². The van der Waals surface area contributed by atoms with Gasteiger partial charge in [0.15, 0.2) is 11.5 Å². The highest BCUT2D eigenvalue weighted by atomic mass is 19.4. The predicted molar refractivity (Wildman–Crippen MR) is 67.6 cm³/mol. The summed E-state index contributed by atoms with van der Waals surface area (Å²) >= 11 is 0. The van der Waals surface area contributed by atoms with Crippen LogP contribution in [-0.2, 0) is 6.18 Å². The second kappa shape index (κ2) is 4.87. The van der Waals surface area contributed by atoms with E-state index in [-0.39, 0.29) is 11.1 Å². The number of aromatic nitrogens is 2. The number of anilines is 1. The average Bonchev–Trinajstić information content (AvgIpc) is 2.69. The van der Waals surface area contributed by atoms with Crippen molar-refractivity contribution in [2.75, 3.05) is 5.73 Å². The lowest BCUT2D eigenvalue weighted by Crippen LogP contribution is -2.17. The van der Waals surface area contributed by atoms with Crippen LogP contribution in [0.1, 0.15) is 18.2 Å². The number of hydrogen-bond acceptors (Lipinski definition) is 2. The van der Waals surface area contributed by atoms with Crippen molar-refractivity contribution in [3.63, 3.8) is 0 Å². The van der Waals surface area contributed by atoms with Crippen LogP contribution < -0.4 is 5.73 Å². The van der Waals surface area contributed by atoms with E-state index in [2.05, 4.69) is 11.7 Å². The Kier molecular flexibility index (Phi) is 3.48. The number of hydrogen-bond donors (Lipinski definition) is 1. The summed E-state index contributed by atoms with van der Waals surface area (Å²) in [4.78, 5) is 0. The Bertz CT molecular complexity index is 715. The summed E-state index contributed by atoms with van der Waals surface area (Å²) in [5, 5.41) is 3.45. The molecule has 0 amide bonds. The molecule has 21 heavy (non-hydrogen) atoms. The molecule has 0 spiro atoms. The third-order valence-corrected chi connectivity index (χ3v) is 2.77. The molecule has 2 N–H and O–H groups in total. The molecule has 112 valence electrons. The summed E-state index contributed by atoms with van der Waals surface area (Å²) in [6.07, 6.45) is -4.08. The Balaban J connectivity index is 2.83. The second-order valence-electron chi connectivity index (χ2n) is 4.42. The lowest BCUT2D eigenvalue weighted by molar-refractivity contribution is -0.142. The Hall–Kier alpha value is -2.38. The topological polar surface area (TPSA) is 43.8 Å². The van der Waals surface area contributed by atoms with Crippen molar-refractivity contribution < 1.29 is 22.0 Å². The molecular formula is C13H10F5N3. The van der Waals surface area contributed by atoms with Gasteiger partial charge in [-0.15, -0.1) is 0 Å². The quantitative estimate of drug-likeness (QED) is 0.858. The smallest absolute Gasteiger partial charge is 0.396 e. The lowest BCUT2D eigenvalue weighted by atomic mass is 10.1. The van der Waals surface area contributed by atoms with E-state index in [1.54, 1.807) is 0 Å². The van der Waals surface area contributed by atoms with Gasteiger partial charge < -0.3 is 5.73 Å². The fourth-order valence-corrected chi connectivity index (χ4v) is 1.92. The number of benzene rings is 1. The molecule has 0 radical (unpaired) electrons. The molecule has 0 saturated carbocycles. The van der Waals surface area contributed by atoms with Crippen LogP contribution in [0.4, 0.5) is 27.6 Å². The van der Waals surface area contributed by atoms with Gasteiger partial charge in [-0.25, -0.2) is 13.5 Å². The van der Waals surface area contributed by atoms with Crippen LogP contribution in [0.5, 0.6) is 0 Å². The molecule has 0 aliphatic carbocycles. The minimum atomic E-state index is -4.84. The van der Waals surface area contributed by atoms with Crippen LogP contribution in [0.15, 0.2) is 24.9 Å². The van der Waals surface area contributed by atoms with Crippen molar-refractivity contribution in [1.82, 2.24) is 9.78 Å². The van der Waals surface area contributed by atoms with Gasteiger partial charge in [0.05, 0.1) is 11.9 Å². The molecule has 0 bridgehead atoms. The summed E-state index contributed by atoms with van der Waals surface area (Å²) in [6.45, 7) is 4.92. The van der Waals surface area contributed by atoms with Crippen molar-refractivity contribution in [2.24, 2.45) is 0 Å². The number of nitrogens with zero attached hydrogens (tertiary/aromatic N) is 2.